The number of nitrogens with one attached hydrogen (secondary N) is 1. The lowest BCUT2D eigenvalue weighted by molar-refractivity contribution is -0.468. The summed E-state index contributed by atoms with van der Waals surface area (Å²) in [7, 11) is 0. The summed E-state index contributed by atoms with van der Waals surface area (Å²) in [6, 6.07) is 11.0. The molecule has 8 nitrogen and oxygen atoms in total. The third-order valence-electron chi connectivity index (χ3n) is 5.83. The fourth-order valence-corrected chi connectivity index (χ4v) is 3.96. The first-order chi connectivity index (χ1) is 14.8. The summed E-state index contributed by atoms with van der Waals surface area (Å²) in [5.74, 6) is -0.586. The Hall–Kier alpha value is -3.10. The summed E-state index contributed by atoms with van der Waals surface area (Å²) in [5.41, 5.74) is 5.96. The number of nitrogens with zero attached hydrogens (tertiary/aromatic N) is 4. The van der Waals surface area contributed by atoms with Crippen LogP contribution < -0.4 is 14.8 Å². The summed E-state index contributed by atoms with van der Waals surface area (Å²) in [5, 5.41) is 15.2. The van der Waals surface area contributed by atoms with E-state index in [0.29, 0.717) is 40.4 Å². The number of hydrogen-bond donors (Lipinski definition) is 1. The Morgan fingerprint density at radius 3 is 2.29 bits per heavy atom. The zero-order valence-electron chi connectivity index (χ0n) is 17.7. The number of piperazine rings is 1. The molecule has 1 aromatic heterocycles. The van der Waals surface area contributed by atoms with Crippen LogP contribution in [0.1, 0.15) is 27.3 Å². The standard InChI is InChI=1S/C22H24ClN5O3/c1-14-12-19-20(13-15(14)2)28(31)21(16(3)27(19)30)22(29)24-26-10-8-25(9-11-26)18-6-4-17(23)5-7-18/h4-7,12-13H,8-11H2,1-3H3,(H,24,29). The number of carbonyl (C=O) groups is 1. The van der Waals surface area contributed by atoms with Crippen molar-refractivity contribution in [3.63, 3.8) is 0 Å². The maximum absolute atomic E-state index is 13.0. The molecule has 2 aromatic carbocycles. The summed E-state index contributed by atoms with van der Waals surface area (Å²) in [4.78, 5) is 28.1. The molecule has 1 N–H and O–H groups in total. The molecule has 0 spiro atoms. The normalized spacial score (nSPS) is 14.8. The van der Waals surface area contributed by atoms with Crippen LogP contribution in [0.4, 0.5) is 5.69 Å². The quantitative estimate of drug-likeness (QED) is 0.631. The Bertz CT molecular complexity index is 1210. The summed E-state index contributed by atoms with van der Waals surface area (Å²) < 4.78 is 1.22. The monoisotopic (exact) mass is 441 g/mol. The van der Waals surface area contributed by atoms with Crippen LogP contribution in [-0.2, 0) is 0 Å². The summed E-state index contributed by atoms with van der Waals surface area (Å²) >= 11 is 5.95. The van der Waals surface area contributed by atoms with Crippen molar-refractivity contribution in [3.05, 3.63) is 74.0 Å². The van der Waals surface area contributed by atoms with E-state index in [1.165, 1.54) is 6.92 Å². The van der Waals surface area contributed by atoms with Crippen molar-refractivity contribution in [2.45, 2.75) is 20.8 Å². The van der Waals surface area contributed by atoms with Crippen LogP contribution in [0.3, 0.4) is 0 Å². The first kappa shape index (κ1) is 21.1. The van der Waals surface area contributed by atoms with E-state index in [9.17, 15) is 14.9 Å². The predicted molar refractivity (Wildman–Crippen MR) is 121 cm³/mol. The fraction of sp³-hybridized carbons (Fsp3) is 0.318. The second kappa shape index (κ2) is 8.20. The predicted octanol–water partition coefficient (Wildman–Crippen LogP) is 2.95. The minimum absolute atomic E-state index is 0.0723. The minimum atomic E-state index is -0.586. The molecule has 0 bridgehead atoms. The number of carbonyl (C=O) groups excluding carboxylic acids is 1. The number of hydrazine groups is 1. The van der Waals surface area contributed by atoms with E-state index in [1.54, 1.807) is 17.1 Å². The molecule has 162 valence electrons. The van der Waals surface area contributed by atoms with Crippen molar-refractivity contribution in [2.75, 3.05) is 31.1 Å². The van der Waals surface area contributed by atoms with E-state index in [2.05, 4.69) is 10.3 Å². The van der Waals surface area contributed by atoms with Crippen molar-refractivity contribution >= 4 is 34.2 Å². The average Bonchev–Trinajstić information content (AvgIpc) is 2.75. The van der Waals surface area contributed by atoms with E-state index >= 15 is 0 Å². The highest BCUT2D eigenvalue weighted by Gasteiger charge is 2.29. The maximum atomic E-state index is 13.0. The second-order valence-corrected chi connectivity index (χ2v) is 8.28. The van der Waals surface area contributed by atoms with Gasteiger partial charge in [-0.25, -0.2) is 5.01 Å². The van der Waals surface area contributed by atoms with E-state index in [1.807, 2.05) is 38.1 Å². The maximum Gasteiger partial charge on any atom is 0.347 e. The van der Waals surface area contributed by atoms with Gasteiger partial charge in [-0.15, -0.1) is 0 Å². The van der Waals surface area contributed by atoms with Crippen LogP contribution in [-0.4, -0.2) is 41.8 Å². The molecule has 0 atom stereocenters. The third kappa shape index (κ3) is 3.96. The molecule has 1 fully saturated rings. The number of rotatable bonds is 3. The number of amides is 1. The number of hydrogen-bond acceptors (Lipinski definition) is 5. The largest absolute Gasteiger partial charge is 0.805 e. The second-order valence-electron chi connectivity index (χ2n) is 7.84. The van der Waals surface area contributed by atoms with Crippen molar-refractivity contribution in [3.8, 4) is 0 Å². The number of halogens is 1. The molecular formula is C22H24ClN5O3. The van der Waals surface area contributed by atoms with E-state index in [0.717, 1.165) is 16.8 Å². The van der Waals surface area contributed by atoms with Gasteiger partial charge in [0.25, 0.3) is 5.52 Å². The van der Waals surface area contributed by atoms with Crippen molar-refractivity contribution in [2.24, 2.45) is 0 Å². The Morgan fingerprint density at radius 1 is 1.03 bits per heavy atom. The molecule has 0 unspecified atom stereocenters. The van der Waals surface area contributed by atoms with Gasteiger partial charge in [-0.1, -0.05) is 11.6 Å². The van der Waals surface area contributed by atoms with Gasteiger partial charge in [-0.2, -0.15) is 0 Å². The molecular weight excluding hydrogens is 418 g/mol. The lowest BCUT2D eigenvalue weighted by Crippen LogP contribution is -2.54. The molecule has 1 aliphatic rings. The molecule has 0 radical (unpaired) electrons. The fourth-order valence-electron chi connectivity index (χ4n) is 3.84. The van der Waals surface area contributed by atoms with Gasteiger partial charge in [0, 0.05) is 47.9 Å². The zero-order chi connectivity index (χ0) is 22.3. The zero-order valence-corrected chi connectivity index (χ0v) is 18.4. The van der Waals surface area contributed by atoms with Crippen LogP contribution in [0, 0.1) is 30.9 Å². The van der Waals surface area contributed by atoms with Crippen molar-refractivity contribution in [1.29, 1.82) is 0 Å². The number of fused-ring (bicyclic) bond motifs is 1. The van der Waals surface area contributed by atoms with Gasteiger partial charge in [0.2, 0.25) is 0 Å². The van der Waals surface area contributed by atoms with Crippen LogP contribution in [0.25, 0.3) is 11.0 Å². The highest BCUT2D eigenvalue weighted by molar-refractivity contribution is 6.30. The van der Waals surface area contributed by atoms with E-state index < -0.39 is 5.91 Å². The van der Waals surface area contributed by atoms with Gasteiger partial charge in [-0.3, -0.25) is 10.2 Å². The lowest BCUT2D eigenvalue weighted by Gasteiger charge is -2.35. The van der Waals surface area contributed by atoms with Gasteiger partial charge in [0.1, 0.15) is 5.52 Å². The number of aryl methyl sites for hydroxylation is 2. The Morgan fingerprint density at radius 2 is 1.65 bits per heavy atom. The smallest absolute Gasteiger partial charge is 0.347 e. The Balaban J connectivity index is 1.53. The highest BCUT2D eigenvalue weighted by Crippen LogP contribution is 2.20. The molecule has 31 heavy (non-hydrogen) atoms. The van der Waals surface area contributed by atoms with Gasteiger partial charge >= 0.3 is 11.6 Å². The number of anilines is 1. The third-order valence-corrected chi connectivity index (χ3v) is 6.08. The molecule has 1 aliphatic heterocycles. The number of benzene rings is 2. The SMILES string of the molecule is Cc1cc2c(cc1C)[n+](=O)c(C(=O)NN1CCN(c3ccc(Cl)cc3)CC1)c(C)n2[O-]. The molecule has 0 aliphatic carbocycles. The molecule has 0 saturated carbocycles. The molecule has 1 saturated heterocycles. The van der Waals surface area contributed by atoms with Crippen LogP contribution in [0.2, 0.25) is 5.02 Å². The van der Waals surface area contributed by atoms with Gasteiger partial charge in [-0.05, 0) is 62.2 Å². The molecule has 2 heterocycles. The van der Waals surface area contributed by atoms with Crippen molar-refractivity contribution in [1.82, 2.24) is 15.2 Å². The lowest BCUT2D eigenvalue weighted by atomic mass is 10.1. The summed E-state index contributed by atoms with van der Waals surface area (Å²) in [6.45, 7) is 7.80. The van der Waals surface area contributed by atoms with Crippen LogP contribution in [0.15, 0.2) is 36.4 Å². The molecule has 1 amide bonds. The van der Waals surface area contributed by atoms with E-state index in [-0.39, 0.29) is 22.4 Å². The van der Waals surface area contributed by atoms with Crippen LogP contribution >= 0.6 is 11.6 Å². The van der Waals surface area contributed by atoms with Crippen molar-refractivity contribution < 1.29 is 9.22 Å². The van der Waals surface area contributed by atoms with Gasteiger partial charge < -0.3 is 14.8 Å². The topological polar surface area (TPSA) is 86.5 Å². The van der Waals surface area contributed by atoms with E-state index in [4.69, 9.17) is 11.6 Å². The van der Waals surface area contributed by atoms with Gasteiger partial charge in [0.15, 0.2) is 0 Å². The first-order valence-electron chi connectivity index (χ1n) is 10.1. The Kier molecular flexibility index (Phi) is 5.60. The van der Waals surface area contributed by atoms with Crippen LogP contribution in [0.5, 0.6) is 0 Å². The minimum Gasteiger partial charge on any atom is -0.805 e. The highest BCUT2D eigenvalue weighted by atomic mass is 35.5. The molecule has 3 aromatic rings. The first-order valence-corrected chi connectivity index (χ1v) is 10.5. The summed E-state index contributed by atoms with van der Waals surface area (Å²) in [6.07, 6.45) is 0. The average molecular weight is 442 g/mol. The number of aromatic nitrogens is 2. The molecule has 9 heteroatoms. The molecule has 4 rings (SSSR count). The Labute approximate surface area is 184 Å². The van der Waals surface area contributed by atoms with Gasteiger partial charge in [0.05, 0.1) is 10.1 Å².